The van der Waals surface area contributed by atoms with Crippen LogP contribution < -0.4 is 118 Å². The van der Waals surface area contributed by atoms with Gasteiger partial charge in [-0.3, -0.25) is 0 Å². The van der Waals surface area contributed by atoms with Crippen LogP contribution in [0.5, 0.6) is 0 Å². The van der Waals surface area contributed by atoms with Gasteiger partial charge in [0, 0.05) is 0 Å². The van der Waals surface area contributed by atoms with Crippen molar-refractivity contribution >= 4 is 23.9 Å². The number of benzene rings is 2. The molecule has 0 N–H and O–H groups in total. The summed E-state index contributed by atoms with van der Waals surface area (Å²) < 4.78 is 8.66. The van der Waals surface area contributed by atoms with Crippen LogP contribution in [0.25, 0.3) is 0 Å². The molecule has 0 saturated heterocycles. The van der Waals surface area contributed by atoms with Crippen LogP contribution in [-0.2, 0) is 19.1 Å². The Morgan fingerprint density at radius 2 is 0.808 bits per heavy atom. The fourth-order valence-corrected chi connectivity index (χ4v) is 1.52. The van der Waals surface area contributed by atoms with E-state index in [9.17, 15) is 19.2 Å². The van der Waals surface area contributed by atoms with E-state index < -0.39 is 23.9 Å². The van der Waals surface area contributed by atoms with E-state index in [4.69, 9.17) is 0 Å². The Labute approximate surface area is 244 Å². The normalized spacial score (nSPS) is 8.15. The van der Waals surface area contributed by atoms with Crippen LogP contribution in [0.15, 0.2) is 60.7 Å². The van der Waals surface area contributed by atoms with Gasteiger partial charge in [0.25, 0.3) is 0 Å². The molecular weight excluding hydrogens is 380 g/mol. The van der Waals surface area contributed by atoms with Crippen LogP contribution in [0.4, 0.5) is 0 Å². The Kier molecular flexibility index (Phi) is 20.1. The number of hydrogen-bond acceptors (Lipinski definition) is 6. The molecular formula is C16H14Na4O6. The third-order valence-electron chi connectivity index (χ3n) is 2.56. The van der Waals surface area contributed by atoms with E-state index in [0.29, 0.717) is 0 Å². The average Bonchev–Trinajstić information content (AvgIpc) is 2.56. The third kappa shape index (κ3) is 10.3. The smallest absolute Gasteiger partial charge is 1.00 e. The first-order chi connectivity index (χ1) is 10.6. The van der Waals surface area contributed by atoms with Gasteiger partial charge in [0.2, 0.25) is 0 Å². The van der Waals surface area contributed by atoms with Crippen LogP contribution >= 0.6 is 0 Å². The molecule has 0 saturated carbocycles. The van der Waals surface area contributed by atoms with E-state index in [1.165, 1.54) is 24.3 Å². The molecule has 0 atom stereocenters. The maximum atomic E-state index is 11.6. The zero-order valence-corrected chi connectivity index (χ0v) is 23.2. The summed E-state index contributed by atoms with van der Waals surface area (Å²) >= 11 is 0. The fourth-order valence-electron chi connectivity index (χ4n) is 1.52. The number of ether oxygens (including phenoxy) is 2. The molecule has 118 valence electrons. The number of esters is 4. The molecule has 0 aromatic heterocycles. The molecule has 2 rings (SSSR count). The van der Waals surface area contributed by atoms with Gasteiger partial charge in [0.1, 0.15) is 0 Å². The summed E-state index contributed by atoms with van der Waals surface area (Å²) in [7, 11) is 0. The molecule has 0 spiro atoms. The first-order valence-corrected chi connectivity index (χ1v) is 6.20. The molecule has 0 fully saturated rings. The molecule has 0 radical (unpaired) electrons. The predicted molar refractivity (Wildman–Crippen MR) is 78.2 cm³/mol. The Balaban J connectivity index is -0.000000132. The van der Waals surface area contributed by atoms with E-state index in [1.807, 2.05) is 0 Å². The standard InChI is InChI=1S/C16H10O6.4Na.4H/c17-13(11-7-3-1-4-8-11)21-15(19)16(20)22-14(18)12-9-5-2-6-10-12;;;;;;;;/h1-10H;;;;;;;;/q;4*+1;4*-1. The maximum absolute atomic E-state index is 11.6. The summed E-state index contributed by atoms with van der Waals surface area (Å²) in [5.41, 5.74) is 0.191. The largest absolute Gasteiger partial charge is 1.00 e. The second kappa shape index (κ2) is 16.7. The molecule has 0 aliphatic heterocycles. The molecule has 0 amide bonds. The second-order valence-corrected chi connectivity index (χ2v) is 4.09. The van der Waals surface area contributed by atoms with E-state index in [-0.39, 0.29) is 135 Å². The van der Waals surface area contributed by atoms with Crippen molar-refractivity contribution in [3.05, 3.63) is 71.8 Å². The molecule has 26 heavy (non-hydrogen) atoms. The van der Waals surface area contributed by atoms with Crippen molar-refractivity contribution in [3.63, 3.8) is 0 Å². The van der Waals surface area contributed by atoms with Crippen molar-refractivity contribution < 1.29 is 153 Å². The molecule has 10 heteroatoms. The molecule has 0 aliphatic carbocycles. The van der Waals surface area contributed by atoms with Gasteiger partial charge in [-0.15, -0.1) is 0 Å². The van der Waals surface area contributed by atoms with Gasteiger partial charge in [0.05, 0.1) is 11.1 Å². The Morgan fingerprint density at radius 1 is 0.538 bits per heavy atom. The van der Waals surface area contributed by atoms with Crippen molar-refractivity contribution in [3.8, 4) is 0 Å². The average molecular weight is 394 g/mol. The van der Waals surface area contributed by atoms with Gasteiger partial charge in [-0.2, -0.15) is 0 Å². The minimum absolute atomic E-state index is 0. The summed E-state index contributed by atoms with van der Waals surface area (Å²) in [6, 6.07) is 15.3. The molecule has 0 unspecified atom stereocenters. The van der Waals surface area contributed by atoms with E-state index >= 15 is 0 Å². The first kappa shape index (κ1) is 31.4. The Hall–Kier alpha value is 0.720. The molecule has 0 aliphatic rings. The van der Waals surface area contributed by atoms with E-state index in [1.54, 1.807) is 36.4 Å². The van der Waals surface area contributed by atoms with E-state index in [0.717, 1.165) is 0 Å². The van der Waals surface area contributed by atoms with Crippen molar-refractivity contribution in [1.82, 2.24) is 0 Å². The SMILES string of the molecule is O=C(OC(=O)c1ccccc1)C(=O)OC(=O)c1ccccc1.[H-].[H-].[H-].[H-].[Na+].[Na+].[Na+].[Na+]. The second-order valence-electron chi connectivity index (χ2n) is 4.09. The molecule has 6 nitrogen and oxygen atoms in total. The van der Waals surface area contributed by atoms with Crippen molar-refractivity contribution in [1.29, 1.82) is 0 Å². The van der Waals surface area contributed by atoms with Gasteiger partial charge >= 0.3 is 142 Å². The topological polar surface area (TPSA) is 86.7 Å². The molecule has 2 aromatic rings. The van der Waals surface area contributed by atoms with Crippen molar-refractivity contribution in [2.45, 2.75) is 0 Å². The van der Waals surface area contributed by atoms with E-state index in [2.05, 4.69) is 9.47 Å². The molecule has 0 heterocycles. The molecule has 0 bridgehead atoms. The Morgan fingerprint density at radius 3 is 1.08 bits per heavy atom. The van der Waals surface area contributed by atoms with Gasteiger partial charge in [-0.25, -0.2) is 19.2 Å². The summed E-state index contributed by atoms with van der Waals surface area (Å²) in [5, 5.41) is 0. The number of rotatable bonds is 2. The van der Waals surface area contributed by atoms with Gasteiger partial charge < -0.3 is 15.2 Å². The predicted octanol–water partition coefficient (Wildman–Crippen LogP) is -9.78. The van der Waals surface area contributed by atoms with Crippen LogP contribution in [0.1, 0.15) is 26.4 Å². The zero-order chi connectivity index (χ0) is 15.9. The summed E-state index contributed by atoms with van der Waals surface area (Å²) in [5.74, 6) is -5.12. The third-order valence-corrected chi connectivity index (χ3v) is 2.56. The number of hydrogen-bond donors (Lipinski definition) is 0. The van der Waals surface area contributed by atoms with Crippen molar-refractivity contribution in [2.75, 3.05) is 0 Å². The van der Waals surface area contributed by atoms with Crippen LogP contribution in [0.3, 0.4) is 0 Å². The maximum Gasteiger partial charge on any atom is 1.00 e. The van der Waals surface area contributed by atoms with Crippen molar-refractivity contribution in [2.24, 2.45) is 0 Å². The van der Waals surface area contributed by atoms with Gasteiger partial charge in [-0.05, 0) is 24.3 Å². The van der Waals surface area contributed by atoms with Gasteiger partial charge in [-0.1, -0.05) is 36.4 Å². The van der Waals surface area contributed by atoms with Crippen LogP contribution in [-0.4, -0.2) is 23.9 Å². The molecule has 2 aromatic carbocycles. The first-order valence-electron chi connectivity index (χ1n) is 6.20. The fraction of sp³-hybridized carbons (Fsp3) is 0. The van der Waals surface area contributed by atoms with Crippen LogP contribution in [0.2, 0.25) is 0 Å². The Bertz CT molecular complexity index is 676. The monoisotopic (exact) mass is 394 g/mol. The number of carbonyl (C=O) groups is 4. The minimum Gasteiger partial charge on any atom is -1.00 e. The van der Waals surface area contributed by atoms with Crippen LogP contribution in [0, 0.1) is 0 Å². The summed E-state index contributed by atoms with van der Waals surface area (Å²) in [6.45, 7) is 0. The number of carbonyl (C=O) groups excluding carboxylic acids is 4. The minimum atomic E-state index is -1.56. The quantitative estimate of drug-likeness (QED) is 0.218. The summed E-state index contributed by atoms with van der Waals surface area (Å²) in [4.78, 5) is 46.0. The zero-order valence-electron chi connectivity index (χ0n) is 19.2. The summed E-state index contributed by atoms with van der Waals surface area (Å²) in [6.07, 6.45) is 0. The van der Waals surface area contributed by atoms with Gasteiger partial charge in [0.15, 0.2) is 0 Å².